The quantitative estimate of drug-likeness (QED) is 0.643. The van der Waals surface area contributed by atoms with Gasteiger partial charge in [-0.3, -0.25) is 4.79 Å². The molecule has 0 saturated carbocycles. The van der Waals surface area contributed by atoms with E-state index in [1.54, 1.807) is 11.0 Å². The van der Waals surface area contributed by atoms with Crippen LogP contribution in [0.3, 0.4) is 0 Å². The van der Waals surface area contributed by atoms with Crippen molar-refractivity contribution in [2.75, 3.05) is 26.3 Å². The number of carbonyl (C=O) groups is 2. The first-order chi connectivity index (χ1) is 15.0. The molecule has 1 saturated heterocycles. The minimum absolute atomic E-state index is 0.162. The molecule has 8 nitrogen and oxygen atoms in total. The van der Waals surface area contributed by atoms with Gasteiger partial charge in [0.1, 0.15) is 5.82 Å². The van der Waals surface area contributed by atoms with Gasteiger partial charge >= 0.3 is 12.1 Å². The highest BCUT2D eigenvalue weighted by Crippen LogP contribution is 2.22. The van der Waals surface area contributed by atoms with E-state index < -0.39 is 11.7 Å². The predicted octanol–water partition coefficient (Wildman–Crippen LogP) is 3.41. The molecule has 1 aromatic heterocycles. The van der Waals surface area contributed by atoms with Gasteiger partial charge in [-0.2, -0.15) is 0 Å². The Morgan fingerprint density at radius 2 is 1.90 bits per heavy atom. The smallest absolute Gasteiger partial charge is 0.409 e. The van der Waals surface area contributed by atoms with Gasteiger partial charge in [-0.1, -0.05) is 19.4 Å². The molecule has 1 fully saturated rings. The zero-order valence-corrected chi connectivity index (χ0v) is 17.6. The summed E-state index contributed by atoms with van der Waals surface area (Å²) in [5.41, 5.74) is 6.09. The molecule has 0 atom stereocenters. The van der Waals surface area contributed by atoms with Gasteiger partial charge < -0.3 is 20.1 Å². The van der Waals surface area contributed by atoms with Crippen LogP contribution in [0.5, 0.6) is 6.01 Å². The number of ether oxygens (including phenoxy) is 2. The summed E-state index contributed by atoms with van der Waals surface area (Å²) >= 11 is 0. The first kappa shape index (κ1) is 22.5. The molecule has 2 amide bonds. The Hall–Kier alpha value is -3.23. The van der Waals surface area contributed by atoms with Crippen LogP contribution in [0.15, 0.2) is 30.6 Å². The number of carbonyl (C=O) groups excluding carboxylic acids is 2. The third-order valence-corrected chi connectivity index (χ3v) is 5.24. The average Bonchev–Trinajstić information content (AvgIpc) is 2.78. The number of unbranched alkanes of at least 4 members (excludes halogenated alkanes) is 1. The van der Waals surface area contributed by atoms with E-state index in [0.29, 0.717) is 43.3 Å². The highest BCUT2D eigenvalue weighted by atomic mass is 19.1. The summed E-state index contributed by atoms with van der Waals surface area (Å²) in [6.07, 6.45) is 6.36. The van der Waals surface area contributed by atoms with Gasteiger partial charge in [0.15, 0.2) is 0 Å². The first-order valence-corrected chi connectivity index (χ1v) is 10.4. The molecule has 2 aromatic rings. The number of halogens is 1. The fourth-order valence-electron chi connectivity index (χ4n) is 3.30. The molecular weight excluding hydrogens is 403 g/mol. The zero-order chi connectivity index (χ0) is 22.2. The molecule has 3 rings (SSSR count). The molecule has 0 spiro atoms. The maximum Gasteiger partial charge on any atom is 0.409 e. The average molecular weight is 430 g/mol. The van der Waals surface area contributed by atoms with Gasteiger partial charge in [0.05, 0.1) is 18.8 Å². The maximum absolute atomic E-state index is 13.9. The van der Waals surface area contributed by atoms with E-state index in [4.69, 9.17) is 15.2 Å². The predicted molar refractivity (Wildman–Crippen MR) is 112 cm³/mol. The van der Waals surface area contributed by atoms with Gasteiger partial charge in [-0.05, 0) is 42.9 Å². The lowest BCUT2D eigenvalue weighted by Crippen LogP contribution is -2.40. The number of nitrogens with two attached hydrogens (primary N) is 1. The SMILES string of the molecule is CCCCOC(=O)N1CCC(COc2ncc(-c3ccc(C(N)=O)c(F)c3)cn2)CC1. The van der Waals surface area contributed by atoms with E-state index in [-0.39, 0.29) is 17.7 Å². The van der Waals surface area contributed by atoms with Crippen molar-refractivity contribution in [3.05, 3.63) is 42.0 Å². The lowest BCUT2D eigenvalue weighted by molar-refractivity contribution is 0.0792. The minimum Gasteiger partial charge on any atom is -0.463 e. The molecule has 0 unspecified atom stereocenters. The van der Waals surface area contributed by atoms with Crippen LogP contribution in [-0.4, -0.2) is 53.2 Å². The highest BCUT2D eigenvalue weighted by molar-refractivity contribution is 5.93. The molecule has 2 heterocycles. The van der Waals surface area contributed by atoms with Crippen molar-refractivity contribution in [2.45, 2.75) is 32.6 Å². The lowest BCUT2D eigenvalue weighted by Gasteiger charge is -2.30. The second kappa shape index (κ2) is 10.7. The zero-order valence-electron chi connectivity index (χ0n) is 17.6. The Morgan fingerprint density at radius 3 is 2.52 bits per heavy atom. The van der Waals surface area contributed by atoms with Crippen molar-refractivity contribution in [1.29, 1.82) is 0 Å². The van der Waals surface area contributed by atoms with Crippen LogP contribution >= 0.6 is 0 Å². The number of aromatic nitrogens is 2. The number of nitrogens with zero attached hydrogens (tertiary/aromatic N) is 3. The van der Waals surface area contributed by atoms with E-state index in [9.17, 15) is 14.0 Å². The van der Waals surface area contributed by atoms with Crippen LogP contribution in [0.2, 0.25) is 0 Å². The molecule has 2 N–H and O–H groups in total. The number of primary amides is 1. The Kier molecular flexibility index (Phi) is 7.75. The van der Waals surface area contributed by atoms with E-state index in [2.05, 4.69) is 16.9 Å². The summed E-state index contributed by atoms with van der Waals surface area (Å²) in [6.45, 7) is 4.27. The second-order valence-electron chi connectivity index (χ2n) is 7.52. The van der Waals surface area contributed by atoms with E-state index >= 15 is 0 Å². The van der Waals surface area contributed by atoms with Crippen LogP contribution in [0, 0.1) is 11.7 Å². The molecule has 0 bridgehead atoms. The highest BCUT2D eigenvalue weighted by Gasteiger charge is 2.24. The van der Waals surface area contributed by atoms with Gasteiger partial charge in [-0.15, -0.1) is 0 Å². The van der Waals surface area contributed by atoms with Crippen molar-refractivity contribution in [1.82, 2.24) is 14.9 Å². The third kappa shape index (κ3) is 6.13. The Labute approximate surface area is 180 Å². The van der Waals surface area contributed by atoms with Crippen molar-refractivity contribution < 1.29 is 23.5 Å². The van der Waals surface area contributed by atoms with Crippen LogP contribution in [0.4, 0.5) is 9.18 Å². The molecule has 1 aromatic carbocycles. The number of piperidine rings is 1. The van der Waals surface area contributed by atoms with Crippen LogP contribution in [0.1, 0.15) is 43.0 Å². The maximum atomic E-state index is 13.9. The number of likely N-dealkylation sites (tertiary alicyclic amines) is 1. The molecule has 0 radical (unpaired) electrons. The topological polar surface area (TPSA) is 108 Å². The summed E-state index contributed by atoms with van der Waals surface area (Å²) in [6, 6.07) is 4.38. The molecule has 1 aliphatic heterocycles. The van der Waals surface area contributed by atoms with Gasteiger partial charge in [0.25, 0.3) is 5.91 Å². The monoisotopic (exact) mass is 430 g/mol. The molecular formula is C22H27FN4O4. The Balaban J connectivity index is 1.46. The largest absolute Gasteiger partial charge is 0.463 e. The third-order valence-electron chi connectivity index (χ3n) is 5.24. The van der Waals surface area contributed by atoms with Crippen LogP contribution in [0.25, 0.3) is 11.1 Å². The number of hydrogen-bond donors (Lipinski definition) is 1. The Morgan fingerprint density at radius 1 is 1.19 bits per heavy atom. The lowest BCUT2D eigenvalue weighted by atomic mass is 9.98. The number of amides is 2. The van der Waals surface area contributed by atoms with Crippen molar-refractivity contribution in [3.8, 4) is 17.1 Å². The second-order valence-corrected chi connectivity index (χ2v) is 7.52. The van der Waals surface area contributed by atoms with Gasteiger partial charge in [0.2, 0.25) is 0 Å². The minimum atomic E-state index is -0.816. The van der Waals surface area contributed by atoms with E-state index in [1.807, 2.05) is 0 Å². The number of benzene rings is 1. The summed E-state index contributed by atoms with van der Waals surface area (Å²) in [7, 11) is 0. The fourth-order valence-corrected chi connectivity index (χ4v) is 3.30. The van der Waals surface area contributed by atoms with Crippen molar-refractivity contribution in [2.24, 2.45) is 11.7 Å². The Bertz CT molecular complexity index is 899. The van der Waals surface area contributed by atoms with Gasteiger partial charge in [-0.25, -0.2) is 19.2 Å². The van der Waals surface area contributed by atoms with E-state index in [1.165, 1.54) is 24.5 Å². The normalized spacial score (nSPS) is 14.3. The summed E-state index contributed by atoms with van der Waals surface area (Å²) in [5.74, 6) is -1.20. The first-order valence-electron chi connectivity index (χ1n) is 10.4. The van der Waals surface area contributed by atoms with E-state index in [0.717, 1.165) is 25.7 Å². The molecule has 9 heteroatoms. The summed E-state index contributed by atoms with van der Waals surface area (Å²) in [5, 5.41) is 0. The summed E-state index contributed by atoms with van der Waals surface area (Å²) in [4.78, 5) is 33.2. The molecule has 166 valence electrons. The van der Waals surface area contributed by atoms with Gasteiger partial charge in [0, 0.05) is 31.0 Å². The van der Waals surface area contributed by atoms with Crippen molar-refractivity contribution >= 4 is 12.0 Å². The number of hydrogen-bond acceptors (Lipinski definition) is 6. The molecule has 1 aliphatic rings. The van der Waals surface area contributed by atoms with Crippen LogP contribution < -0.4 is 10.5 Å². The molecule has 0 aliphatic carbocycles. The fraction of sp³-hybridized carbons (Fsp3) is 0.455. The molecule has 31 heavy (non-hydrogen) atoms. The van der Waals surface area contributed by atoms with Crippen LogP contribution in [-0.2, 0) is 4.74 Å². The number of rotatable bonds is 8. The van der Waals surface area contributed by atoms with Crippen molar-refractivity contribution in [3.63, 3.8) is 0 Å². The summed E-state index contributed by atoms with van der Waals surface area (Å²) < 4.78 is 24.9. The standard InChI is InChI=1S/C22H27FN4O4/c1-2-3-10-30-22(29)27-8-6-15(7-9-27)14-31-21-25-12-17(13-26-21)16-4-5-18(20(24)28)19(23)11-16/h4-5,11-13,15H,2-3,6-10,14H2,1H3,(H2,24,28).